The van der Waals surface area contributed by atoms with Crippen LogP contribution in [0.2, 0.25) is 10.0 Å². The van der Waals surface area contributed by atoms with Crippen molar-refractivity contribution in [3.05, 3.63) is 50.6 Å². The summed E-state index contributed by atoms with van der Waals surface area (Å²) in [5, 5.41) is 10.4. The zero-order valence-corrected chi connectivity index (χ0v) is 17.1. The molecule has 0 bridgehead atoms. The molecular weight excluding hydrogens is 393 g/mol. The molecule has 2 heterocycles. The van der Waals surface area contributed by atoms with E-state index in [1.165, 1.54) is 17.7 Å². The van der Waals surface area contributed by atoms with Crippen molar-refractivity contribution in [2.75, 3.05) is 18.4 Å². The lowest BCUT2D eigenvalue weighted by molar-refractivity contribution is 0.214. The average molecular weight is 414 g/mol. The molecule has 1 aromatic carbocycles. The number of anilines is 1. The summed E-state index contributed by atoms with van der Waals surface area (Å²) in [6.07, 6.45) is 2.53. The van der Waals surface area contributed by atoms with Gasteiger partial charge in [0, 0.05) is 16.6 Å². The molecule has 2 N–H and O–H groups in total. The maximum atomic E-state index is 6.07. The monoisotopic (exact) mass is 413 g/mol. The van der Waals surface area contributed by atoms with Gasteiger partial charge < -0.3 is 10.6 Å². The summed E-state index contributed by atoms with van der Waals surface area (Å²) < 4.78 is 0. The second-order valence-corrected chi connectivity index (χ2v) is 8.42. The molecule has 1 fully saturated rings. The molecule has 1 saturated heterocycles. The maximum absolute atomic E-state index is 6.07. The number of rotatable bonds is 5. The molecule has 25 heavy (non-hydrogen) atoms. The van der Waals surface area contributed by atoms with Crippen LogP contribution in [-0.4, -0.2) is 29.1 Å². The van der Waals surface area contributed by atoms with Gasteiger partial charge in [-0.05, 0) is 74.7 Å². The molecule has 2 aromatic rings. The molecule has 0 unspecified atom stereocenters. The van der Waals surface area contributed by atoms with Gasteiger partial charge in [0.2, 0.25) is 0 Å². The first-order valence-electron chi connectivity index (χ1n) is 8.34. The van der Waals surface area contributed by atoms with Crippen LogP contribution in [0.1, 0.15) is 30.7 Å². The Morgan fingerprint density at radius 1 is 1.20 bits per heavy atom. The second-order valence-electron chi connectivity index (χ2n) is 6.22. The molecule has 0 saturated carbocycles. The van der Waals surface area contributed by atoms with Crippen LogP contribution in [0.3, 0.4) is 0 Å². The largest absolute Gasteiger partial charge is 0.358 e. The third-order valence-electron chi connectivity index (χ3n) is 4.38. The minimum absolute atomic E-state index is 0.194. The molecule has 1 aromatic heterocycles. The van der Waals surface area contributed by atoms with Crippen LogP contribution in [0.5, 0.6) is 0 Å². The zero-order valence-electron chi connectivity index (χ0n) is 14.0. The number of benzene rings is 1. The van der Waals surface area contributed by atoms with Crippen LogP contribution in [0.4, 0.5) is 5.69 Å². The van der Waals surface area contributed by atoms with Crippen LogP contribution in [-0.2, 0) is 0 Å². The van der Waals surface area contributed by atoms with Gasteiger partial charge in [-0.2, -0.15) is 0 Å². The number of likely N-dealkylation sites (tertiary alicyclic amines) is 1. The first-order valence-corrected chi connectivity index (χ1v) is 10.4. The Kier molecular flexibility index (Phi) is 6.58. The third kappa shape index (κ3) is 4.86. The van der Waals surface area contributed by atoms with E-state index < -0.39 is 0 Å². The average Bonchev–Trinajstić information content (AvgIpc) is 3.25. The minimum Gasteiger partial charge on any atom is -0.358 e. The van der Waals surface area contributed by atoms with Gasteiger partial charge in [0.25, 0.3) is 0 Å². The van der Waals surface area contributed by atoms with Crippen molar-refractivity contribution in [2.24, 2.45) is 0 Å². The lowest BCUT2D eigenvalue weighted by atomic mass is 10.1. The zero-order chi connectivity index (χ0) is 17.8. The van der Waals surface area contributed by atoms with Crippen LogP contribution in [0.15, 0.2) is 35.7 Å². The molecule has 1 aliphatic heterocycles. The predicted octanol–water partition coefficient (Wildman–Crippen LogP) is 5.57. The van der Waals surface area contributed by atoms with Gasteiger partial charge in [0.05, 0.1) is 16.1 Å². The minimum atomic E-state index is 0.194. The Balaban J connectivity index is 1.66. The first-order chi connectivity index (χ1) is 12.0. The molecule has 0 aliphatic carbocycles. The van der Waals surface area contributed by atoms with E-state index in [9.17, 15) is 0 Å². The van der Waals surface area contributed by atoms with Crippen molar-refractivity contribution < 1.29 is 0 Å². The Hall–Kier alpha value is -0.850. The lowest BCUT2D eigenvalue weighted by Gasteiger charge is -2.33. The fraction of sp³-hybridized carbons (Fsp3) is 0.389. The summed E-state index contributed by atoms with van der Waals surface area (Å²) in [5.74, 6) is 0. The fourth-order valence-electron chi connectivity index (χ4n) is 3.25. The molecular formula is C18H21Cl2N3S2. The van der Waals surface area contributed by atoms with E-state index in [0.717, 1.165) is 18.8 Å². The number of nitrogens with one attached hydrogen (secondary N) is 2. The van der Waals surface area contributed by atoms with E-state index in [2.05, 4.69) is 40.0 Å². The molecule has 7 heteroatoms. The van der Waals surface area contributed by atoms with Crippen molar-refractivity contribution in [1.29, 1.82) is 0 Å². The van der Waals surface area contributed by atoms with Crippen LogP contribution < -0.4 is 10.6 Å². The molecule has 3 nitrogen and oxygen atoms in total. The molecule has 134 valence electrons. The first kappa shape index (κ1) is 18.9. The van der Waals surface area contributed by atoms with E-state index in [1.54, 1.807) is 23.5 Å². The molecule has 0 spiro atoms. The Labute approximate surface area is 168 Å². The molecule has 0 amide bonds. The molecule has 1 aliphatic rings. The summed E-state index contributed by atoms with van der Waals surface area (Å²) in [4.78, 5) is 3.92. The van der Waals surface area contributed by atoms with E-state index in [1.807, 2.05) is 6.07 Å². The van der Waals surface area contributed by atoms with E-state index >= 15 is 0 Å². The van der Waals surface area contributed by atoms with Gasteiger partial charge in [-0.25, -0.2) is 0 Å². The maximum Gasteiger partial charge on any atom is 0.171 e. The number of halogens is 2. The topological polar surface area (TPSA) is 27.3 Å². The highest BCUT2D eigenvalue weighted by Crippen LogP contribution is 2.31. The van der Waals surface area contributed by atoms with Crippen LogP contribution >= 0.6 is 46.8 Å². The third-order valence-corrected chi connectivity index (χ3v) is 6.28. The summed E-state index contributed by atoms with van der Waals surface area (Å²) in [6.45, 7) is 4.47. The molecule has 0 radical (unpaired) electrons. The summed E-state index contributed by atoms with van der Waals surface area (Å²) in [5.41, 5.74) is 0.827. The number of thiocarbonyl (C=S) groups is 1. The highest BCUT2D eigenvalue weighted by atomic mass is 35.5. The molecule has 3 rings (SSSR count). The van der Waals surface area contributed by atoms with E-state index in [-0.39, 0.29) is 6.04 Å². The number of hydrogen-bond donors (Lipinski definition) is 2. The van der Waals surface area contributed by atoms with Gasteiger partial charge in [-0.1, -0.05) is 29.3 Å². The van der Waals surface area contributed by atoms with Crippen molar-refractivity contribution in [3.63, 3.8) is 0 Å². The highest BCUT2D eigenvalue weighted by molar-refractivity contribution is 7.80. The fourth-order valence-corrected chi connectivity index (χ4v) is 4.81. The van der Waals surface area contributed by atoms with Crippen LogP contribution in [0.25, 0.3) is 0 Å². The highest BCUT2D eigenvalue weighted by Gasteiger charge is 2.29. The van der Waals surface area contributed by atoms with E-state index in [4.69, 9.17) is 35.4 Å². The van der Waals surface area contributed by atoms with Gasteiger partial charge in [0.1, 0.15) is 0 Å². The van der Waals surface area contributed by atoms with Gasteiger partial charge >= 0.3 is 0 Å². The Morgan fingerprint density at radius 3 is 2.60 bits per heavy atom. The van der Waals surface area contributed by atoms with E-state index in [0.29, 0.717) is 21.2 Å². The number of thiophene rings is 1. The normalized spacial score (nSPS) is 17.2. The lowest BCUT2D eigenvalue weighted by Crippen LogP contribution is -2.45. The smallest absolute Gasteiger partial charge is 0.171 e. The van der Waals surface area contributed by atoms with Gasteiger partial charge in [-0.15, -0.1) is 11.3 Å². The Bertz CT molecular complexity index is 715. The SMILES string of the molecule is C[C@H](NC(=S)Nc1ccc(Cl)c(Cl)c1)[C@@H](c1cccs1)N1CCCC1. The second kappa shape index (κ2) is 8.69. The van der Waals surface area contributed by atoms with Crippen LogP contribution in [0, 0.1) is 0 Å². The van der Waals surface area contributed by atoms with Crippen molar-refractivity contribution in [3.8, 4) is 0 Å². The predicted molar refractivity (Wildman–Crippen MR) is 113 cm³/mol. The Morgan fingerprint density at radius 2 is 1.96 bits per heavy atom. The summed E-state index contributed by atoms with van der Waals surface area (Å²) >= 11 is 19.3. The van der Waals surface area contributed by atoms with Crippen molar-refractivity contribution in [2.45, 2.75) is 31.8 Å². The summed E-state index contributed by atoms with van der Waals surface area (Å²) in [7, 11) is 0. The number of hydrogen-bond acceptors (Lipinski definition) is 3. The standard InChI is InChI=1S/C18H21Cl2N3S2/c1-12(17(16-5-4-10-25-16)23-8-2-3-9-23)21-18(24)22-13-6-7-14(19)15(20)11-13/h4-7,10-12,17H,2-3,8-9H2,1H3,(H2,21,22,24)/t12-,17-/m0/s1. The van der Waals surface area contributed by atoms with Gasteiger partial charge in [-0.3, -0.25) is 4.90 Å². The summed E-state index contributed by atoms with van der Waals surface area (Å²) in [6, 6.07) is 10.3. The number of nitrogens with zero attached hydrogens (tertiary/aromatic N) is 1. The molecule has 2 atom stereocenters. The quantitative estimate of drug-likeness (QED) is 0.626. The van der Waals surface area contributed by atoms with Crippen molar-refractivity contribution in [1.82, 2.24) is 10.2 Å². The van der Waals surface area contributed by atoms with Crippen molar-refractivity contribution >= 4 is 57.6 Å². The van der Waals surface area contributed by atoms with Gasteiger partial charge in [0.15, 0.2) is 5.11 Å².